The van der Waals surface area contributed by atoms with Crippen LogP contribution in [0.15, 0.2) is 30.3 Å². The Hall–Kier alpha value is -1.44. The molecule has 200 valence electrons. The van der Waals surface area contributed by atoms with E-state index in [-0.39, 0.29) is 24.2 Å². The monoisotopic (exact) mass is 549 g/mol. The minimum atomic E-state index is -1.03. The Kier molecular flexibility index (Phi) is 23.3. The van der Waals surface area contributed by atoms with Crippen LogP contribution in [0, 0.1) is 0 Å². The number of ether oxygens (including phenoxy) is 1. The average Bonchev–Trinajstić information content (AvgIpc) is 2.87. The van der Waals surface area contributed by atoms with Crippen molar-refractivity contribution < 1.29 is 24.2 Å². The Morgan fingerprint density at radius 1 is 0.914 bits per heavy atom. The number of amides is 1. The third-order valence-electron chi connectivity index (χ3n) is 5.03. The van der Waals surface area contributed by atoms with Crippen LogP contribution in [0.4, 0.5) is 4.79 Å². The van der Waals surface area contributed by atoms with Crippen molar-refractivity contribution in [2.75, 3.05) is 23.3 Å². The van der Waals surface area contributed by atoms with Gasteiger partial charge in [0, 0.05) is 5.75 Å². The molecular formula is C26H41Cl2NO5S. The van der Waals surface area contributed by atoms with E-state index in [1.54, 1.807) is 11.8 Å². The molecule has 0 saturated heterocycles. The number of benzene rings is 1. The zero-order chi connectivity index (χ0) is 26.2. The molecule has 0 aliphatic carbocycles. The van der Waals surface area contributed by atoms with Gasteiger partial charge in [-0.1, -0.05) is 95.0 Å². The van der Waals surface area contributed by atoms with Crippen molar-refractivity contribution in [3.63, 3.8) is 0 Å². The lowest BCUT2D eigenvalue weighted by molar-refractivity contribution is -0.138. The number of Topliss-reactive ketones (excluding diaryl/α,β-unsaturated/α-hetero) is 1. The van der Waals surface area contributed by atoms with E-state index in [1.807, 2.05) is 30.3 Å². The summed E-state index contributed by atoms with van der Waals surface area (Å²) >= 11 is 11.6. The van der Waals surface area contributed by atoms with Crippen molar-refractivity contribution >= 4 is 52.8 Å². The summed E-state index contributed by atoms with van der Waals surface area (Å²) in [5.41, 5.74) is 0.866. The fourth-order valence-corrected chi connectivity index (χ4v) is 4.33. The van der Waals surface area contributed by atoms with Crippen molar-refractivity contribution in [1.29, 1.82) is 0 Å². The van der Waals surface area contributed by atoms with E-state index >= 15 is 0 Å². The molecule has 1 unspecified atom stereocenters. The number of carbonyl (C=O) groups is 3. The fraction of sp³-hybridized carbons (Fsp3) is 0.654. The quantitative estimate of drug-likeness (QED) is 0.142. The van der Waals surface area contributed by atoms with E-state index in [1.165, 1.54) is 57.8 Å². The maximum Gasteiger partial charge on any atom is 0.408 e. The maximum atomic E-state index is 11.8. The van der Waals surface area contributed by atoms with Crippen molar-refractivity contribution in [3.05, 3.63) is 35.9 Å². The Labute approximate surface area is 224 Å². The van der Waals surface area contributed by atoms with Crippen LogP contribution in [0.1, 0.15) is 76.7 Å². The van der Waals surface area contributed by atoms with E-state index < -0.39 is 18.1 Å². The second kappa shape index (κ2) is 24.3. The van der Waals surface area contributed by atoms with Gasteiger partial charge in [0.2, 0.25) is 0 Å². The van der Waals surface area contributed by atoms with Crippen LogP contribution >= 0.6 is 35.0 Å². The van der Waals surface area contributed by atoms with Gasteiger partial charge in [0.05, 0.1) is 11.8 Å². The lowest BCUT2D eigenvalue weighted by Gasteiger charge is -2.14. The van der Waals surface area contributed by atoms with Gasteiger partial charge in [0.25, 0.3) is 0 Å². The van der Waals surface area contributed by atoms with E-state index in [0.29, 0.717) is 5.75 Å². The first-order valence-corrected chi connectivity index (χ1v) is 14.6. The van der Waals surface area contributed by atoms with Crippen LogP contribution in [-0.2, 0) is 20.9 Å². The van der Waals surface area contributed by atoms with Crippen LogP contribution in [0.3, 0.4) is 0 Å². The number of hydrogen-bond donors (Lipinski definition) is 2. The molecule has 1 aromatic carbocycles. The number of rotatable bonds is 19. The predicted molar refractivity (Wildman–Crippen MR) is 147 cm³/mol. The third-order valence-corrected chi connectivity index (χ3v) is 6.77. The molecule has 0 aliphatic rings. The number of thioether (sulfide) groups is 1. The van der Waals surface area contributed by atoms with Crippen LogP contribution in [0.25, 0.3) is 0 Å². The molecule has 35 heavy (non-hydrogen) atoms. The van der Waals surface area contributed by atoms with Crippen LogP contribution in [0.5, 0.6) is 0 Å². The first-order valence-electron chi connectivity index (χ1n) is 12.4. The summed E-state index contributed by atoms with van der Waals surface area (Å²) in [6.07, 6.45) is 12.2. The Morgan fingerprint density at radius 3 is 1.94 bits per heavy atom. The number of unbranched alkanes of at least 4 members (excludes halogenated alkanes) is 9. The molecule has 0 aliphatic heterocycles. The highest BCUT2D eigenvalue weighted by Gasteiger charge is 2.20. The van der Waals surface area contributed by atoms with E-state index in [2.05, 4.69) is 12.2 Å². The van der Waals surface area contributed by atoms with Crippen LogP contribution < -0.4 is 5.32 Å². The first kappa shape index (κ1) is 33.6. The Morgan fingerprint density at radius 2 is 1.46 bits per heavy atom. The molecular weight excluding hydrogens is 509 g/mol. The number of ketones is 1. The molecule has 0 aromatic heterocycles. The SMILES string of the molecule is CCCCCCCCCCCCSCC(NC(=O)OCc1ccccc1)C(=O)O.O=C(CCl)CCl. The summed E-state index contributed by atoms with van der Waals surface area (Å²) in [4.78, 5) is 33.1. The lowest BCUT2D eigenvalue weighted by atomic mass is 10.1. The Balaban J connectivity index is 0.00000170. The van der Waals surface area contributed by atoms with Gasteiger partial charge in [-0.05, 0) is 17.7 Å². The zero-order valence-corrected chi connectivity index (χ0v) is 23.1. The van der Waals surface area contributed by atoms with Crippen molar-refractivity contribution in [1.82, 2.24) is 5.32 Å². The molecule has 0 bridgehead atoms. The number of alkyl carbamates (subject to hydrolysis) is 1. The van der Waals surface area contributed by atoms with Gasteiger partial charge >= 0.3 is 12.1 Å². The Bertz CT molecular complexity index is 673. The number of hydrogen-bond acceptors (Lipinski definition) is 5. The second-order valence-corrected chi connectivity index (χ2v) is 9.84. The molecule has 1 rings (SSSR count). The molecule has 9 heteroatoms. The van der Waals surface area contributed by atoms with E-state index in [0.717, 1.165) is 17.7 Å². The summed E-state index contributed by atoms with van der Waals surface area (Å²) in [6, 6.07) is 8.39. The summed E-state index contributed by atoms with van der Waals surface area (Å²) in [7, 11) is 0. The molecule has 1 amide bonds. The van der Waals surface area contributed by atoms with Gasteiger partial charge in [-0.3, -0.25) is 4.79 Å². The fourth-order valence-electron chi connectivity index (χ4n) is 3.01. The van der Waals surface area contributed by atoms with Gasteiger partial charge in [-0.25, -0.2) is 9.59 Å². The number of aliphatic carboxylic acids is 1. The molecule has 2 N–H and O–H groups in total. The molecule has 1 atom stereocenters. The standard InChI is InChI=1S/C23H37NO4S.C3H4Cl2O/c1-2-3-4-5-6-7-8-9-10-14-17-29-19-21(22(25)26)24-23(27)28-18-20-15-12-11-13-16-20;4-1-3(6)2-5/h11-13,15-16,21H,2-10,14,17-19H2,1H3,(H,24,27)(H,25,26);1-2H2. The van der Waals surface area contributed by atoms with E-state index in [4.69, 9.17) is 27.9 Å². The van der Waals surface area contributed by atoms with Crippen molar-refractivity contribution in [2.45, 2.75) is 83.8 Å². The number of halogens is 2. The largest absolute Gasteiger partial charge is 0.480 e. The van der Waals surface area contributed by atoms with Crippen LogP contribution in [0.2, 0.25) is 0 Å². The summed E-state index contributed by atoms with van der Waals surface area (Å²) in [5, 5.41) is 11.7. The normalized spacial score (nSPS) is 11.2. The summed E-state index contributed by atoms with van der Waals surface area (Å²) in [5.74, 6) is 0.178. The predicted octanol–water partition coefficient (Wildman–Crippen LogP) is 7.05. The number of alkyl halides is 2. The highest BCUT2D eigenvalue weighted by molar-refractivity contribution is 7.99. The third kappa shape index (κ3) is 21.6. The van der Waals surface area contributed by atoms with Crippen molar-refractivity contribution in [3.8, 4) is 0 Å². The number of nitrogens with one attached hydrogen (secondary N) is 1. The second-order valence-electron chi connectivity index (χ2n) is 8.16. The minimum absolute atomic E-state index is 0.0312. The highest BCUT2D eigenvalue weighted by Crippen LogP contribution is 2.13. The van der Waals surface area contributed by atoms with Gasteiger partial charge in [-0.15, -0.1) is 23.2 Å². The highest BCUT2D eigenvalue weighted by atomic mass is 35.5. The summed E-state index contributed by atoms with van der Waals surface area (Å²) in [6.45, 7) is 2.37. The van der Waals surface area contributed by atoms with Gasteiger partial charge in [0.15, 0.2) is 5.78 Å². The van der Waals surface area contributed by atoms with E-state index in [9.17, 15) is 19.5 Å². The van der Waals surface area contributed by atoms with Gasteiger partial charge < -0.3 is 15.2 Å². The smallest absolute Gasteiger partial charge is 0.408 e. The maximum absolute atomic E-state index is 11.8. The number of carbonyl (C=O) groups excluding carboxylic acids is 2. The van der Waals surface area contributed by atoms with Gasteiger partial charge in [-0.2, -0.15) is 11.8 Å². The van der Waals surface area contributed by atoms with Crippen LogP contribution in [-0.4, -0.2) is 52.3 Å². The minimum Gasteiger partial charge on any atom is -0.480 e. The number of carboxylic acid groups (broad SMARTS) is 1. The molecule has 6 nitrogen and oxygen atoms in total. The molecule has 0 fully saturated rings. The molecule has 0 heterocycles. The summed E-state index contributed by atoms with van der Waals surface area (Å²) < 4.78 is 5.10. The first-order chi connectivity index (χ1) is 16.9. The molecule has 0 spiro atoms. The molecule has 0 saturated carbocycles. The lowest BCUT2D eigenvalue weighted by Crippen LogP contribution is -2.42. The van der Waals surface area contributed by atoms with Gasteiger partial charge in [0.1, 0.15) is 12.6 Å². The zero-order valence-electron chi connectivity index (χ0n) is 20.8. The number of carboxylic acids is 1. The molecule has 1 aromatic rings. The topological polar surface area (TPSA) is 92.7 Å². The van der Waals surface area contributed by atoms with Crippen molar-refractivity contribution in [2.24, 2.45) is 0 Å². The molecule has 0 radical (unpaired) electrons. The average molecular weight is 551 g/mol.